The van der Waals surface area contributed by atoms with Crippen molar-refractivity contribution in [3.8, 4) is 0 Å². The highest BCUT2D eigenvalue weighted by molar-refractivity contribution is 6.29. The molecule has 1 amide bonds. The van der Waals surface area contributed by atoms with Gasteiger partial charge in [-0.2, -0.15) is 0 Å². The number of carbonyl (C=O) groups is 1. The summed E-state index contributed by atoms with van der Waals surface area (Å²) in [5, 5.41) is 3.37. The Kier molecular flexibility index (Phi) is 6.24. The Labute approximate surface area is 131 Å². The van der Waals surface area contributed by atoms with Crippen LogP contribution in [0.1, 0.15) is 61.5 Å². The van der Waals surface area contributed by atoms with Crippen LogP contribution < -0.4 is 5.32 Å². The fourth-order valence-electron chi connectivity index (χ4n) is 2.64. The number of aryl methyl sites for hydroxylation is 1. The lowest BCUT2D eigenvalue weighted by molar-refractivity contribution is 0.0954. The second-order valence-electron chi connectivity index (χ2n) is 5.53. The zero-order valence-electron chi connectivity index (χ0n) is 12.6. The molecule has 1 N–H and O–H groups in total. The van der Waals surface area contributed by atoms with E-state index in [1.54, 1.807) is 6.07 Å². The summed E-state index contributed by atoms with van der Waals surface area (Å²) in [6.45, 7) is 2.77. The molecule has 0 aromatic carbocycles. The van der Waals surface area contributed by atoms with Gasteiger partial charge in [-0.3, -0.25) is 4.79 Å². The molecule has 0 saturated heterocycles. The summed E-state index contributed by atoms with van der Waals surface area (Å²) < 4.78 is 0. The number of aromatic nitrogens is 1. The standard InChI is InChI=1S/C17H23ClN2O/c1-2-6-15-11-14(12-16(18)20-15)17(21)19-10-9-13-7-4-3-5-8-13/h7,11-12H,2-6,8-10H2,1H3,(H,19,21). The van der Waals surface area contributed by atoms with Crippen molar-refractivity contribution in [3.63, 3.8) is 0 Å². The Hall–Kier alpha value is -1.35. The van der Waals surface area contributed by atoms with Gasteiger partial charge < -0.3 is 5.32 Å². The topological polar surface area (TPSA) is 42.0 Å². The van der Waals surface area contributed by atoms with Gasteiger partial charge in [0.25, 0.3) is 5.91 Å². The first-order valence-corrected chi connectivity index (χ1v) is 8.19. The van der Waals surface area contributed by atoms with Crippen LogP contribution in [0.15, 0.2) is 23.8 Å². The maximum absolute atomic E-state index is 12.2. The molecule has 0 unspecified atom stereocenters. The Bertz CT molecular complexity index is 526. The molecule has 21 heavy (non-hydrogen) atoms. The summed E-state index contributed by atoms with van der Waals surface area (Å²) in [6, 6.07) is 3.47. The minimum atomic E-state index is -0.0620. The molecule has 114 valence electrons. The lowest BCUT2D eigenvalue weighted by atomic mass is 9.97. The fourth-order valence-corrected chi connectivity index (χ4v) is 2.86. The van der Waals surface area contributed by atoms with Crippen LogP contribution in [0, 0.1) is 0 Å². The van der Waals surface area contributed by atoms with Crippen molar-refractivity contribution in [2.45, 2.75) is 51.9 Å². The minimum absolute atomic E-state index is 0.0620. The molecular formula is C17H23ClN2O. The second kappa shape index (κ2) is 8.18. The van der Waals surface area contributed by atoms with Crippen LogP contribution in [-0.4, -0.2) is 17.4 Å². The molecule has 1 heterocycles. The summed E-state index contributed by atoms with van der Waals surface area (Å²) in [6.07, 6.45) is 10.0. The first kappa shape index (κ1) is 16.0. The van der Waals surface area contributed by atoms with Gasteiger partial charge in [0.1, 0.15) is 5.15 Å². The van der Waals surface area contributed by atoms with Crippen molar-refractivity contribution < 1.29 is 4.79 Å². The average molecular weight is 307 g/mol. The average Bonchev–Trinajstić information content (AvgIpc) is 2.48. The van der Waals surface area contributed by atoms with E-state index in [0.29, 0.717) is 17.3 Å². The van der Waals surface area contributed by atoms with Gasteiger partial charge in [0.15, 0.2) is 0 Å². The molecule has 0 saturated carbocycles. The summed E-state index contributed by atoms with van der Waals surface area (Å²) in [5.41, 5.74) is 2.96. The second-order valence-corrected chi connectivity index (χ2v) is 5.92. The zero-order chi connectivity index (χ0) is 15.1. The molecule has 4 heteroatoms. The molecule has 0 atom stereocenters. The number of hydrogen-bond acceptors (Lipinski definition) is 2. The molecule has 1 aromatic rings. The molecule has 1 aliphatic carbocycles. The van der Waals surface area contributed by atoms with Crippen molar-refractivity contribution in [2.24, 2.45) is 0 Å². The summed E-state index contributed by atoms with van der Waals surface area (Å²) in [7, 11) is 0. The quantitative estimate of drug-likeness (QED) is 0.628. The van der Waals surface area contributed by atoms with E-state index in [0.717, 1.165) is 25.0 Å². The predicted octanol–water partition coefficient (Wildman–Crippen LogP) is 4.31. The predicted molar refractivity (Wildman–Crippen MR) is 86.7 cm³/mol. The van der Waals surface area contributed by atoms with E-state index < -0.39 is 0 Å². The number of pyridine rings is 1. The van der Waals surface area contributed by atoms with Crippen LogP contribution in [0.3, 0.4) is 0 Å². The SMILES string of the molecule is CCCc1cc(C(=O)NCCC2=CCCCC2)cc(Cl)n1. The van der Waals surface area contributed by atoms with Gasteiger partial charge in [-0.05, 0) is 50.7 Å². The third-order valence-corrected chi connectivity index (χ3v) is 3.93. The van der Waals surface area contributed by atoms with Crippen molar-refractivity contribution >= 4 is 17.5 Å². The molecule has 0 radical (unpaired) electrons. The highest BCUT2D eigenvalue weighted by Gasteiger charge is 2.10. The van der Waals surface area contributed by atoms with E-state index in [2.05, 4.69) is 23.3 Å². The van der Waals surface area contributed by atoms with Crippen molar-refractivity contribution in [1.82, 2.24) is 10.3 Å². The van der Waals surface area contributed by atoms with Gasteiger partial charge in [-0.15, -0.1) is 0 Å². The van der Waals surface area contributed by atoms with Gasteiger partial charge >= 0.3 is 0 Å². The van der Waals surface area contributed by atoms with Crippen molar-refractivity contribution in [2.75, 3.05) is 6.54 Å². The molecule has 0 bridgehead atoms. The largest absolute Gasteiger partial charge is 0.352 e. The van der Waals surface area contributed by atoms with Gasteiger partial charge in [-0.25, -0.2) is 4.98 Å². The Morgan fingerprint density at radius 1 is 1.33 bits per heavy atom. The minimum Gasteiger partial charge on any atom is -0.352 e. The number of hydrogen-bond donors (Lipinski definition) is 1. The molecule has 0 aliphatic heterocycles. The van der Waals surface area contributed by atoms with Crippen LogP contribution >= 0.6 is 11.6 Å². The first-order valence-electron chi connectivity index (χ1n) is 7.81. The summed E-state index contributed by atoms with van der Waals surface area (Å²) in [5.74, 6) is -0.0620. The first-order chi connectivity index (χ1) is 10.2. The van der Waals surface area contributed by atoms with Gasteiger partial charge in [-0.1, -0.05) is 36.6 Å². The molecule has 2 rings (SSSR count). The number of rotatable bonds is 6. The monoisotopic (exact) mass is 306 g/mol. The van der Waals surface area contributed by atoms with Gasteiger partial charge in [0.05, 0.1) is 0 Å². The number of allylic oxidation sites excluding steroid dienone is 1. The smallest absolute Gasteiger partial charge is 0.251 e. The Morgan fingerprint density at radius 2 is 2.19 bits per heavy atom. The van der Waals surface area contributed by atoms with Crippen molar-refractivity contribution in [1.29, 1.82) is 0 Å². The number of nitrogens with zero attached hydrogens (tertiary/aromatic N) is 1. The molecular weight excluding hydrogens is 284 g/mol. The van der Waals surface area contributed by atoms with Crippen LogP contribution in [-0.2, 0) is 6.42 Å². The highest BCUT2D eigenvalue weighted by atomic mass is 35.5. The number of carbonyl (C=O) groups excluding carboxylic acids is 1. The third-order valence-electron chi connectivity index (χ3n) is 3.73. The van der Waals surface area contributed by atoms with Crippen LogP contribution in [0.25, 0.3) is 0 Å². The number of halogens is 1. The van der Waals surface area contributed by atoms with E-state index in [4.69, 9.17) is 11.6 Å². The maximum atomic E-state index is 12.2. The number of amides is 1. The lowest BCUT2D eigenvalue weighted by Crippen LogP contribution is -2.25. The normalized spacial score (nSPS) is 14.7. The zero-order valence-corrected chi connectivity index (χ0v) is 13.4. The molecule has 0 fully saturated rings. The third kappa shape index (κ3) is 5.16. The van der Waals surface area contributed by atoms with E-state index in [-0.39, 0.29) is 5.91 Å². The van der Waals surface area contributed by atoms with Crippen LogP contribution in [0.2, 0.25) is 5.15 Å². The maximum Gasteiger partial charge on any atom is 0.251 e. The van der Waals surface area contributed by atoms with E-state index in [1.807, 2.05) is 6.07 Å². The van der Waals surface area contributed by atoms with E-state index in [1.165, 1.54) is 31.3 Å². The van der Waals surface area contributed by atoms with Gasteiger partial charge in [0, 0.05) is 17.8 Å². The summed E-state index contributed by atoms with van der Waals surface area (Å²) >= 11 is 5.99. The van der Waals surface area contributed by atoms with E-state index >= 15 is 0 Å². The Balaban J connectivity index is 1.89. The van der Waals surface area contributed by atoms with Crippen LogP contribution in [0.5, 0.6) is 0 Å². The summed E-state index contributed by atoms with van der Waals surface area (Å²) in [4.78, 5) is 16.4. The Morgan fingerprint density at radius 3 is 2.90 bits per heavy atom. The molecule has 0 spiro atoms. The lowest BCUT2D eigenvalue weighted by Gasteiger charge is -2.13. The fraction of sp³-hybridized carbons (Fsp3) is 0.529. The molecule has 1 aromatic heterocycles. The van der Waals surface area contributed by atoms with Gasteiger partial charge in [0.2, 0.25) is 0 Å². The van der Waals surface area contributed by atoms with Crippen LogP contribution in [0.4, 0.5) is 0 Å². The van der Waals surface area contributed by atoms with Crippen molar-refractivity contribution in [3.05, 3.63) is 40.2 Å². The molecule has 3 nitrogen and oxygen atoms in total. The highest BCUT2D eigenvalue weighted by Crippen LogP contribution is 2.19. The molecule has 1 aliphatic rings. The number of nitrogens with one attached hydrogen (secondary N) is 1. The van der Waals surface area contributed by atoms with E-state index in [9.17, 15) is 4.79 Å².